The molecule has 0 fully saturated rings. The first-order valence-corrected chi connectivity index (χ1v) is 6.98. The van der Waals surface area contributed by atoms with Crippen LogP contribution in [0.3, 0.4) is 0 Å². The molecule has 0 saturated carbocycles. The second-order valence-corrected chi connectivity index (χ2v) is 4.90. The monoisotopic (exact) mass is 246 g/mol. The first-order chi connectivity index (χ1) is 8.77. The summed E-state index contributed by atoms with van der Waals surface area (Å²) >= 11 is 0. The quantitative estimate of drug-likeness (QED) is 0.792. The predicted octanol–water partition coefficient (Wildman–Crippen LogP) is 4.82. The summed E-state index contributed by atoms with van der Waals surface area (Å²) in [5.74, 6) is 0.431. The minimum Gasteiger partial charge on any atom is -0.507 e. The summed E-state index contributed by atoms with van der Waals surface area (Å²) in [6.45, 7) is 4.37. The second kappa shape index (κ2) is 5.94. The van der Waals surface area contributed by atoms with E-state index in [1.165, 1.54) is 12.0 Å². The third-order valence-electron chi connectivity index (χ3n) is 3.51. The Kier molecular flexibility index (Phi) is 4.29. The fourth-order valence-electron chi connectivity index (χ4n) is 2.41. The topological polar surface area (TPSA) is 33.4 Å². The van der Waals surface area contributed by atoms with Gasteiger partial charge in [-0.15, -0.1) is 0 Å². The summed E-state index contributed by atoms with van der Waals surface area (Å²) in [4.78, 5) is 0. The highest BCUT2D eigenvalue weighted by molar-refractivity contribution is 5.86. The summed E-state index contributed by atoms with van der Waals surface area (Å²) in [7, 11) is 0. The van der Waals surface area contributed by atoms with Crippen molar-refractivity contribution in [3.05, 3.63) is 29.5 Å². The fourth-order valence-corrected chi connectivity index (χ4v) is 2.41. The van der Waals surface area contributed by atoms with Crippen LogP contribution in [0.1, 0.15) is 50.7 Å². The van der Waals surface area contributed by atoms with E-state index in [0.717, 1.165) is 48.6 Å². The number of phenols is 1. The summed E-state index contributed by atoms with van der Waals surface area (Å²) < 4.78 is 5.42. The van der Waals surface area contributed by atoms with Crippen LogP contribution in [0.15, 0.2) is 22.8 Å². The van der Waals surface area contributed by atoms with Crippen LogP contribution >= 0.6 is 0 Å². The molecule has 0 aliphatic heterocycles. The molecule has 0 radical (unpaired) electrons. The molecule has 1 aromatic carbocycles. The van der Waals surface area contributed by atoms with E-state index in [1.54, 1.807) is 6.26 Å². The van der Waals surface area contributed by atoms with Crippen LogP contribution in [0, 0.1) is 0 Å². The molecule has 1 aromatic heterocycles. The Morgan fingerprint density at radius 2 is 1.83 bits per heavy atom. The maximum atomic E-state index is 10.4. The minimum absolute atomic E-state index is 0.431. The standard InChI is InChI=1S/C16H22O2/c1-3-5-7-12-11-15-14(9-10-18-15)16(17)13(12)8-6-4-2/h9-11,17H,3-8H2,1-2H3. The van der Waals surface area contributed by atoms with Gasteiger partial charge in [0.05, 0.1) is 11.6 Å². The van der Waals surface area contributed by atoms with Gasteiger partial charge in [-0.3, -0.25) is 0 Å². The molecule has 0 saturated heterocycles. The molecule has 2 nitrogen and oxygen atoms in total. The van der Waals surface area contributed by atoms with Gasteiger partial charge in [-0.25, -0.2) is 0 Å². The van der Waals surface area contributed by atoms with Gasteiger partial charge in [0.15, 0.2) is 0 Å². The van der Waals surface area contributed by atoms with Gasteiger partial charge in [-0.05, 0) is 48.9 Å². The lowest BCUT2D eigenvalue weighted by Gasteiger charge is -2.12. The van der Waals surface area contributed by atoms with Gasteiger partial charge in [-0.1, -0.05) is 26.7 Å². The van der Waals surface area contributed by atoms with Crippen LogP contribution in [0.5, 0.6) is 5.75 Å². The smallest absolute Gasteiger partial charge is 0.137 e. The number of unbranched alkanes of at least 4 members (excludes halogenated alkanes) is 2. The molecule has 1 N–H and O–H groups in total. The molecule has 0 atom stereocenters. The molecule has 0 spiro atoms. The highest BCUT2D eigenvalue weighted by atomic mass is 16.3. The number of phenolic OH excluding ortho intramolecular Hbond substituents is 1. The maximum Gasteiger partial charge on any atom is 0.137 e. The van der Waals surface area contributed by atoms with Crippen LogP contribution in [0.2, 0.25) is 0 Å². The molecule has 98 valence electrons. The molecule has 0 amide bonds. The first-order valence-electron chi connectivity index (χ1n) is 6.98. The Labute approximate surface area is 109 Å². The van der Waals surface area contributed by atoms with Crippen molar-refractivity contribution in [3.63, 3.8) is 0 Å². The summed E-state index contributed by atoms with van der Waals surface area (Å²) in [6, 6.07) is 3.96. The van der Waals surface area contributed by atoms with Crippen LogP contribution in [-0.4, -0.2) is 5.11 Å². The Morgan fingerprint density at radius 1 is 1.11 bits per heavy atom. The van der Waals surface area contributed by atoms with E-state index >= 15 is 0 Å². The molecule has 0 bridgehead atoms. The third kappa shape index (κ3) is 2.53. The van der Waals surface area contributed by atoms with Gasteiger partial charge in [0, 0.05) is 0 Å². The second-order valence-electron chi connectivity index (χ2n) is 4.90. The van der Waals surface area contributed by atoms with E-state index < -0.39 is 0 Å². The van der Waals surface area contributed by atoms with Gasteiger partial charge in [-0.2, -0.15) is 0 Å². The van der Waals surface area contributed by atoms with Crippen molar-refractivity contribution in [1.29, 1.82) is 0 Å². The van der Waals surface area contributed by atoms with Crippen LogP contribution in [0.4, 0.5) is 0 Å². The van der Waals surface area contributed by atoms with Crippen molar-refractivity contribution in [3.8, 4) is 5.75 Å². The number of rotatable bonds is 6. The van der Waals surface area contributed by atoms with E-state index in [0.29, 0.717) is 5.75 Å². The highest BCUT2D eigenvalue weighted by Crippen LogP contribution is 2.34. The molecular formula is C16H22O2. The Hall–Kier alpha value is -1.44. The van der Waals surface area contributed by atoms with Gasteiger partial charge >= 0.3 is 0 Å². The number of furan rings is 1. The molecular weight excluding hydrogens is 224 g/mol. The molecule has 2 aromatic rings. The largest absolute Gasteiger partial charge is 0.507 e. The molecule has 0 aliphatic carbocycles. The average Bonchev–Trinajstić information content (AvgIpc) is 2.84. The highest BCUT2D eigenvalue weighted by Gasteiger charge is 2.13. The zero-order valence-electron chi connectivity index (χ0n) is 11.3. The molecule has 0 unspecified atom stereocenters. The van der Waals surface area contributed by atoms with Crippen molar-refractivity contribution in [2.75, 3.05) is 0 Å². The van der Waals surface area contributed by atoms with Crippen LogP contribution in [-0.2, 0) is 12.8 Å². The predicted molar refractivity (Wildman–Crippen MR) is 75.1 cm³/mol. The van der Waals surface area contributed by atoms with E-state index in [1.807, 2.05) is 6.07 Å². The Balaban J connectivity index is 2.42. The lowest BCUT2D eigenvalue weighted by Crippen LogP contribution is -1.96. The molecule has 18 heavy (non-hydrogen) atoms. The van der Waals surface area contributed by atoms with E-state index in [2.05, 4.69) is 19.9 Å². The summed E-state index contributed by atoms with van der Waals surface area (Å²) in [5.41, 5.74) is 3.18. The Bertz CT molecular complexity index is 511. The van der Waals surface area contributed by atoms with E-state index in [4.69, 9.17) is 4.42 Å². The number of aromatic hydroxyl groups is 1. The zero-order chi connectivity index (χ0) is 13.0. The van der Waals surface area contributed by atoms with Crippen LogP contribution in [0.25, 0.3) is 11.0 Å². The van der Waals surface area contributed by atoms with Crippen molar-refractivity contribution in [1.82, 2.24) is 0 Å². The average molecular weight is 246 g/mol. The van der Waals surface area contributed by atoms with Crippen molar-refractivity contribution >= 4 is 11.0 Å². The van der Waals surface area contributed by atoms with Gasteiger partial charge in [0.2, 0.25) is 0 Å². The minimum atomic E-state index is 0.431. The number of fused-ring (bicyclic) bond motifs is 1. The van der Waals surface area contributed by atoms with Crippen molar-refractivity contribution < 1.29 is 9.52 Å². The maximum absolute atomic E-state index is 10.4. The zero-order valence-corrected chi connectivity index (χ0v) is 11.3. The normalized spacial score (nSPS) is 11.2. The summed E-state index contributed by atoms with van der Waals surface area (Å²) in [6.07, 6.45) is 8.24. The molecule has 2 heteroatoms. The molecule has 1 heterocycles. The van der Waals surface area contributed by atoms with Gasteiger partial charge in [0.25, 0.3) is 0 Å². The van der Waals surface area contributed by atoms with Gasteiger partial charge in [0.1, 0.15) is 11.3 Å². The van der Waals surface area contributed by atoms with Crippen molar-refractivity contribution in [2.45, 2.75) is 52.4 Å². The lowest BCUT2D eigenvalue weighted by molar-refractivity contribution is 0.471. The van der Waals surface area contributed by atoms with Crippen LogP contribution < -0.4 is 0 Å². The first kappa shape index (κ1) is 13.0. The SMILES string of the molecule is CCCCc1cc2occc2c(O)c1CCCC. The molecule has 0 aliphatic rings. The molecule has 2 rings (SSSR count). The number of aryl methyl sites for hydroxylation is 1. The van der Waals surface area contributed by atoms with E-state index in [9.17, 15) is 5.11 Å². The number of hydrogen-bond acceptors (Lipinski definition) is 2. The van der Waals surface area contributed by atoms with Gasteiger partial charge < -0.3 is 9.52 Å². The Morgan fingerprint density at radius 3 is 2.56 bits per heavy atom. The summed E-state index contributed by atoms with van der Waals surface area (Å²) in [5, 5.41) is 11.2. The number of hydrogen-bond donors (Lipinski definition) is 1. The van der Waals surface area contributed by atoms with E-state index in [-0.39, 0.29) is 0 Å². The lowest BCUT2D eigenvalue weighted by atomic mass is 9.95. The number of benzene rings is 1. The third-order valence-corrected chi connectivity index (χ3v) is 3.51. The van der Waals surface area contributed by atoms with Crippen molar-refractivity contribution in [2.24, 2.45) is 0 Å². The fraction of sp³-hybridized carbons (Fsp3) is 0.500.